The molecule has 0 fully saturated rings. The molecule has 0 saturated carbocycles. The quantitative estimate of drug-likeness (QED) is 0.768. The summed E-state index contributed by atoms with van der Waals surface area (Å²) in [5.74, 6) is 0.498. The fourth-order valence-electron chi connectivity index (χ4n) is 2.14. The molecule has 0 aliphatic rings. The minimum atomic E-state index is -3.21. The van der Waals surface area contributed by atoms with Gasteiger partial charge >= 0.3 is 6.03 Å². The van der Waals surface area contributed by atoms with Crippen LogP contribution >= 0.6 is 0 Å². The van der Waals surface area contributed by atoms with Crippen LogP contribution in [0.3, 0.4) is 0 Å². The number of benzene rings is 1. The first-order valence-corrected chi connectivity index (χ1v) is 9.61. The van der Waals surface area contributed by atoms with Crippen LogP contribution in [0.1, 0.15) is 39.5 Å². The van der Waals surface area contributed by atoms with E-state index < -0.39 is 9.84 Å². The van der Waals surface area contributed by atoms with Crippen LogP contribution in [0.15, 0.2) is 29.2 Å². The molecule has 22 heavy (non-hydrogen) atoms. The first-order chi connectivity index (χ1) is 10.4. The van der Waals surface area contributed by atoms with Crippen LogP contribution in [-0.4, -0.2) is 27.2 Å². The van der Waals surface area contributed by atoms with Crippen molar-refractivity contribution in [3.05, 3.63) is 24.3 Å². The second kappa shape index (κ2) is 8.78. The lowest BCUT2D eigenvalue weighted by molar-refractivity contribution is 0.249. The van der Waals surface area contributed by atoms with Gasteiger partial charge in [0.05, 0.1) is 4.90 Å². The van der Waals surface area contributed by atoms with E-state index in [1.54, 1.807) is 12.1 Å². The molecule has 0 saturated heterocycles. The fourth-order valence-corrected chi connectivity index (χ4v) is 2.77. The molecule has 1 unspecified atom stereocenters. The lowest BCUT2D eigenvalue weighted by Gasteiger charge is -2.15. The minimum absolute atomic E-state index is 0.240. The molecule has 1 aromatic rings. The van der Waals surface area contributed by atoms with Crippen molar-refractivity contribution in [1.29, 1.82) is 0 Å². The van der Waals surface area contributed by atoms with E-state index in [4.69, 9.17) is 0 Å². The summed E-state index contributed by atoms with van der Waals surface area (Å²) in [5, 5.41) is 5.58. The summed E-state index contributed by atoms with van der Waals surface area (Å²) >= 11 is 0. The minimum Gasteiger partial charge on any atom is -0.338 e. The average molecular weight is 326 g/mol. The third kappa shape index (κ3) is 6.47. The fraction of sp³-hybridized carbons (Fsp3) is 0.562. The summed E-state index contributed by atoms with van der Waals surface area (Å²) in [6.45, 7) is 4.95. The third-order valence-electron chi connectivity index (χ3n) is 3.63. The Bertz CT molecular complexity index is 568. The predicted octanol–water partition coefficient (Wildman–Crippen LogP) is 3.43. The molecular formula is C16H26N2O3S. The van der Waals surface area contributed by atoms with E-state index >= 15 is 0 Å². The molecule has 0 aliphatic carbocycles. The molecule has 0 aromatic heterocycles. The van der Waals surface area contributed by atoms with Crippen molar-refractivity contribution in [3.8, 4) is 0 Å². The predicted molar refractivity (Wildman–Crippen MR) is 89.9 cm³/mol. The van der Waals surface area contributed by atoms with Crippen LogP contribution in [0.25, 0.3) is 0 Å². The highest BCUT2D eigenvalue weighted by Gasteiger charge is 2.09. The number of hydrogen-bond donors (Lipinski definition) is 2. The Hall–Kier alpha value is -1.56. The van der Waals surface area contributed by atoms with E-state index in [9.17, 15) is 13.2 Å². The summed E-state index contributed by atoms with van der Waals surface area (Å²) in [6, 6.07) is 5.89. The summed E-state index contributed by atoms with van der Waals surface area (Å²) in [5.41, 5.74) is 0.575. The molecule has 124 valence electrons. The number of amides is 2. The SMILES string of the molecule is CCCCC(CC)CNC(=O)Nc1ccc(S(C)(=O)=O)cc1. The van der Waals surface area contributed by atoms with Gasteiger partial charge in [0, 0.05) is 18.5 Å². The highest BCUT2D eigenvalue weighted by atomic mass is 32.2. The monoisotopic (exact) mass is 326 g/mol. The van der Waals surface area contributed by atoms with E-state index in [0.29, 0.717) is 18.2 Å². The number of carbonyl (C=O) groups is 1. The maximum Gasteiger partial charge on any atom is 0.319 e. The van der Waals surface area contributed by atoms with Crippen LogP contribution in [0.4, 0.5) is 10.5 Å². The second-order valence-corrected chi connectivity index (χ2v) is 7.56. The summed E-state index contributed by atoms with van der Waals surface area (Å²) in [6.07, 6.45) is 5.66. The molecule has 2 amide bonds. The smallest absolute Gasteiger partial charge is 0.319 e. The first-order valence-electron chi connectivity index (χ1n) is 7.71. The molecule has 0 radical (unpaired) electrons. The second-order valence-electron chi connectivity index (χ2n) is 5.55. The van der Waals surface area contributed by atoms with Gasteiger partial charge < -0.3 is 10.6 Å². The van der Waals surface area contributed by atoms with Crippen molar-refractivity contribution < 1.29 is 13.2 Å². The van der Waals surface area contributed by atoms with Crippen LogP contribution in [0.2, 0.25) is 0 Å². The molecular weight excluding hydrogens is 300 g/mol. The molecule has 5 nitrogen and oxygen atoms in total. The van der Waals surface area contributed by atoms with Gasteiger partial charge in [0.2, 0.25) is 0 Å². The first kappa shape index (κ1) is 18.5. The Kier molecular flexibility index (Phi) is 7.38. The van der Waals surface area contributed by atoms with Crippen molar-refractivity contribution in [2.45, 2.75) is 44.4 Å². The van der Waals surface area contributed by atoms with Crippen LogP contribution in [-0.2, 0) is 9.84 Å². The molecule has 1 rings (SSSR count). The van der Waals surface area contributed by atoms with Crippen molar-refractivity contribution in [2.24, 2.45) is 5.92 Å². The third-order valence-corrected chi connectivity index (χ3v) is 4.76. The van der Waals surface area contributed by atoms with Gasteiger partial charge in [-0.1, -0.05) is 33.1 Å². The molecule has 0 bridgehead atoms. The average Bonchev–Trinajstić information content (AvgIpc) is 2.47. The van der Waals surface area contributed by atoms with Gasteiger partial charge in [-0.3, -0.25) is 0 Å². The van der Waals surface area contributed by atoms with Crippen molar-refractivity contribution in [2.75, 3.05) is 18.1 Å². The van der Waals surface area contributed by atoms with Gasteiger partial charge in [0.25, 0.3) is 0 Å². The molecule has 0 heterocycles. The zero-order valence-electron chi connectivity index (χ0n) is 13.6. The zero-order chi connectivity index (χ0) is 16.6. The Labute approximate surface area is 133 Å². The Morgan fingerprint density at radius 2 is 1.82 bits per heavy atom. The number of urea groups is 1. The van der Waals surface area contributed by atoms with Crippen molar-refractivity contribution in [1.82, 2.24) is 5.32 Å². The molecule has 2 N–H and O–H groups in total. The lowest BCUT2D eigenvalue weighted by atomic mass is 9.99. The van der Waals surface area contributed by atoms with E-state index in [-0.39, 0.29) is 10.9 Å². The van der Waals surface area contributed by atoms with Crippen LogP contribution in [0.5, 0.6) is 0 Å². The maximum absolute atomic E-state index is 11.8. The normalized spacial score (nSPS) is 12.7. The summed E-state index contributed by atoms with van der Waals surface area (Å²) < 4.78 is 22.7. The Morgan fingerprint density at radius 1 is 1.18 bits per heavy atom. The maximum atomic E-state index is 11.8. The number of anilines is 1. The van der Waals surface area contributed by atoms with E-state index in [0.717, 1.165) is 25.5 Å². The van der Waals surface area contributed by atoms with Gasteiger partial charge in [-0.15, -0.1) is 0 Å². The molecule has 0 aliphatic heterocycles. The topological polar surface area (TPSA) is 75.3 Å². The molecule has 1 aromatic carbocycles. The zero-order valence-corrected chi connectivity index (χ0v) is 14.4. The number of nitrogens with one attached hydrogen (secondary N) is 2. The number of hydrogen-bond acceptors (Lipinski definition) is 3. The van der Waals surface area contributed by atoms with E-state index in [2.05, 4.69) is 24.5 Å². The highest BCUT2D eigenvalue weighted by Crippen LogP contribution is 2.14. The van der Waals surface area contributed by atoms with Gasteiger partial charge in [-0.2, -0.15) is 0 Å². The number of sulfone groups is 1. The molecule has 6 heteroatoms. The van der Waals surface area contributed by atoms with E-state index in [1.165, 1.54) is 18.6 Å². The largest absolute Gasteiger partial charge is 0.338 e. The van der Waals surface area contributed by atoms with Gasteiger partial charge in [-0.05, 0) is 36.6 Å². The van der Waals surface area contributed by atoms with Gasteiger partial charge in [0.1, 0.15) is 0 Å². The van der Waals surface area contributed by atoms with Crippen molar-refractivity contribution >= 4 is 21.6 Å². The number of carbonyl (C=O) groups excluding carboxylic acids is 1. The highest BCUT2D eigenvalue weighted by molar-refractivity contribution is 7.90. The Morgan fingerprint density at radius 3 is 2.32 bits per heavy atom. The summed E-state index contributed by atoms with van der Waals surface area (Å²) in [4.78, 5) is 12.1. The van der Waals surface area contributed by atoms with Gasteiger partial charge in [-0.25, -0.2) is 13.2 Å². The molecule has 1 atom stereocenters. The standard InChI is InChI=1S/C16H26N2O3S/c1-4-6-7-13(5-2)12-17-16(19)18-14-8-10-15(11-9-14)22(3,20)21/h8-11,13H,4-7,12H2,1-3H3,(H2,17,18,19). The Balaban J connectivity index is 2.48. The number of unbranched alkanes of at least 4 members (excludes halogenated alkanes) is 1. The molecule has 0 spiro atoms. The van der Waals surface area contributed by atoms with Crippen LogP contribution < -0.4 is 10.6 Å². The summed E-state index contributed by atoms with van der Waals surface area (Å²) in [7, 11) is -3.21. The van der Waals surface area contributed by atoms with E-state index in [1.807, 2.05) is 0 Å². The van der Waals surface area contributed by atoms with Gasteiger partial charge in [0.15, 0.2) is 9.84 Å². The van der Waals surface area contributed by atoms with Crippen molar-refractivity contribution in [3.63, 3.8) is 0 Å². The lowest BCUT2D eigenvalue weighted by Crippen LogP contribution is -2.33. The van der Waals surface area contributed by atoms with Crippen LogP contribution in [0, 0.1) is 5.92 Å². The number of rotatable bonds is 8.